The largest absolute Gasteiger partial charge is 0.0596 e. The van der Waals surface area contributed by atoms with E-state index in [0.717, 1.165) is 23.7 Å². The fourth-order valence-electron chi connectivity index (χ4n) is 11.2. The van der Waals surface area contributed by atoms with Crippen LogP contribution >= 0.6 is 0 Å². The molecule has 0 heterocycles. The smallest absolute Gasteiger partial charge is 0.0235 e. The van der Waals surface area contributed by atoms with E-state index < -0.39 is 0 Å². The standard InChI is InChI=1S/C27H46/c1-23(2)14-8-16-25(4)20(23)13-18-27(6)22(25)11-10-21-24(3)15-7-9-19(24)12-17-26(21,27)5/h19-22H,7-18H2,1-6H3/t19-,20?,21?,22?,24-,25-,26+,27+/m0/s1. The molecule has 0 aromatic rings. The van der Waals surface area contributed by atoms with Gasteiger partial charge in [-0.2, -0.15) is 0 Å². The Morgan fingerprint density at radius 2 is 1.07 bits per heavy atom. The molecule has 0 amide bonds. The predicted molar refractivity (Wildman–Crippen MR) is 116 cm³/mol. The molecule has 0 N–H and O–H groups in total. The molecule has 154 valence electrons. The van der Waals surface area contributed by atoms with Crippen LogP contribution < -0.4 is 0 Å². The van der Waals surface area contributed by atoms with Crippen molar-refractivity contribution in [3.05, 3.63) is 0 Å². The first-order valence-electron chi connectivity index (χ1n) is 12.6. The first kappa shape index (κ1) is 19.0. The molecule has 0 nitrogen and oxygen atoms in total. The molecule has 0 aromatic carbocycles. The van der Waals surface area contributed by atoms with Crippen molar-refractivity contribution in [2.75, 3.05) is 0 Å². The first-order chi connectivity index (χ1) is 12.6. The summed E-state index contributed by atoms with van der Waals surface area (Å²) in [5, 5.41) is 0. The molecular formula is C27H46. The van der Waals surface area contributed by atoms with Gasteiger partial charge >= 0.3 is 0 Å². The first-order valence-corrected chi connectivity index (χ1v) is 12.6. The van der Waals surface area contributed by atoms with Gasteiger partial charge in [0.25, 0.3) is 0 Å². The molecular weight excluding hydrogens is 324 g/mol. The molecule has 0 bridgehead atoms. The summed E-state index contributed by atoms with van der Waals surface area (Å²) in [6.07, 6.45) is 18.3. The highest BCUT2D eigenvalue weighted by Gasteiger charge is 2.69. The third kappa shape index (κ3) is 2.17. The molecule has 0 saturated heterocycles. The average Bonchev–Trinajstić information content (AvgIpc) is 2.96. The van der Waals surface area contributed by atoms with Gasteiger partial charge in [-0.05, 0) is 115 Å². The summed E-state index contributed by atoms with van der Waals surface area (Å²) in [4.78, 5) is 0. The van der Waals surface area contributed by atoms with Crippen molar-refractivity contribution >= 4 is 0 Å². The summed E-state index contributed by atoms with van der Waals surface area (Å²) in [7, 11) is 0. The summed E-state index contributed by atoms with van der Waals surface area (Å²) in [6, 6.07) is 0. The highest BCUT2D eigenvalue weighted by molar-refractivity contribution is 5.18. The van der Waals surface area contributed by atoms with Gasteiger partial charge in [-0.3, -0.25) is 0 Å². The maximum Gasteiger partial charge on any atom is -0.0235 e. The fraction of sp³-hybridized carbons (Fsp3) is 1.00. The number of fused-ring (bicyclic) bond motifs is 7. The Morgan fingerprint density at radius 3 is 1.78 bits per heavy atom. The summed E-state index contributed by atoms with van der Waals surface area (Å²) >= 11 is 0. The minimum atomic E-state index is 0.571. The second-order valence-corrected chi connectivity index (χ2v) is 13.6. The van der Waals surface area contributed by atoms with E-state index in [0.29, 0.717) is 27.1 Å². The van der Waals surface area contributed by atoms with E-state index in [1.807, 2.05) is 0 Å². The monoisotopic (exact) mass is 370 g/mol. The highest BCUT2D eigenvalue weighted by Crippen LogP contribution is 2.77. The molecule has 0 radical (unpaired) electrons. The van der Waals surface area contributed by atoms with Gasteiger partial charge in [0.1, 0.15) is 0 Å². The van der Waals surface area contributed by atoms with Crippen LogP contribution in [0.25, 0.3) is 0 Å². The van der Waals surface area contributed by atoms with Crippen LogP contribution in [-0.2, 0) is 0 Å². The Morgan fingerprint density at radius 1 is 0.481 bits per heavy atom. The van der Waals surface area contributed by atoms with E-state index >= 15 is 0 Å². The highest BCUT2D eigenvalue weighted by atomic mass is 14.7. The van der Waals surface area contributed by atoms with Crippen LogP contribution in [0.1, 0.15) is 119 Å². The Hall–Kier alpha value is 0. The van der Waals surface area contributed by atoms with Crippen LogP contribution in [0.4, 0.5) is 0 Å². The molecule has 8 atom stereocenters. The summed E-state index contributed by atoms with van der Waals surface area (Å²) < 4.78 is 0. The second kappa shape index (κ2) is 5.57. The lowest BCUT2D eigenvalue weighted by Gasteiger charge is -2.73. The SMILES string of the molecule is CC1(C)CCC[C@@]2(C)C1CC[C@]1(C)C2CCC2[C@@]3(C)CCC[C@H]3CC[C@]21C. The quantitative estimate of drug-likeness (QED) is 0.402. The van der Waals surface area contributed by atoms with Crippen LogP contribution in [-0.4, -0.2) is 0 Å². The molecule has 0 aromatic heterocycles. The second-order valence-electron chi connectivity index (χ2n) is 13.6. The van der Waals surface area contributed by atoms with E-state index in [1.165, 1.54) is 64.2 Å². The molecule has 0 aliphatic heterocycles. The van der Waals surface area contributed by atoms with Crippen LogP contribution in [0.3, 0.4) is 0 Å². The molecule has 0 spiro atoms. The maximum absolute atomic E-state index is 2.80. The molecule has 27 heavy (non-hydrogen) atoms. The summed E-state index contributed by atoms with van der Waals surface area (Å²) in [5.74, 6) is 4.00. The lowest BCUT2D eigenvalue weighted by atomic mass is 9.32. The third-order valence-electron chi connectivity index (χ3n) is 12.6. The van der Waals surface area contributed by atoms with E-state index in [-0.39, 0.29) is 0 Å². The van der Waals surface area contributed by atoms with Gasteiger partial charge in [0.15, 0.2) is 0 Å². The average molecular weight is 371 g/mol. The number of hydrogen-bond donors (Lipinski definition) is 0. The molecule has 5 aliphatic carbocycles. The zero-order valence-corrected chi connectivity index (χ0v) is 19.3. The van der Waals surface area contributed by atoms with Crippen molar-refractivity contribution in [3.8, 4) is 0 Å². The minimum absolute atomic E-state index is 0.571. The van der Waals surface area contributed by atoms with Crippen LogP contribution in [0.2, 0.25) is 0 Å². The fourth-order valence-corrected chi connectivity index (χ4v) is 11.2. The van der Waals surface area contributed by atoms with E-state index in [4.69, 9.17) is 0 Å². The molecule has 5 rings (SSSR count). The predicted octanol–water partition coefficient (Wildman–Crippen LogP) is 8.25. The van der Waals surface area contributed by atoms with Gasteiger partial charge in [0.2, 0.25) is 0 Å². The van der Waals surface area contributed by atoms with Crippen molar-refractivity contribution in [3.63, 3.8) is 0 Å². The van der Waals surface area contributed by atoms with Crippen LogP contribution in [0, 0.1) is 50.7 Å². The third-order valence-corrected chi connectivity index (χ3v) is 12.6. The zero-order chi connectivity index (χ0) is 19.3. The zero-order valence-electron chi connectivity index (χ0n) is 19.3. The Bertz CT molecular complexity index is 618. The maximum atomic E-state index is 2.80. The lowest BCUT2D eigenvalue weighted by molar-refractivity contribution is -0.239. The van der Waals surface area contributed by atoms with Gasteiger partial charge in [-0.15, -0.1) is 0 Å². The van der Waals surface area contributed by atoms with E-state index in [2.05, 4.69) is 41.5 Å². The van der Waals surface area contributed by atoms with Crippen molar-refractivity contribution in [2.24, 2.45) is 50.7 Å². The molecule has 5 saturated carbocycles. The lowest BCUT2D eigenvalue weighted by Crippen LogP contribution is -2.65. The molecule has 3 unspecified atom stereocenters. The number of hydrogen-bond acceptors (Lipinski definition) is 0. The molecule has 5 aliphatic rings. The molecule has 5 fully saturated rings. The van der Waals surface area contributed by atoms with Gasteiger partial charge in [0.05, 0.1) is 0 Å². The van der Waals surface area contributed by atoms with Crippen molar-refractivity contribution < 1.29 is 0 Å². The van der Waals surface area contributed by atoms with Gasteiger partial charge < -0.3 is 0 Å². The molecule has 0 heteroatoms. The summed E-state index contributed by atoms with van der Waals surface area (Å²) in [5.41, 5.74) is 3.04. The van der Waals surface area contributed by atoms with E-state index in [9.17, 15) is 0 Å². The van der Waals surface area contributed by atoms with Gasteiger partial charge in [0, 0.05) is 0 Å². The van der Waals surface area contributed by atoms with Crippen molar-refractivity contribution in [2.45, 2.75) is 119 Å². The van der Waals surface area contributed by atoms with Gasteiger partial charge in [-0.25, -0.2) is 0 Å². The normalized spacial score (nSPS) is 59.3. The van der Waals surface area contributed by atoms with Crippen LogP contribution in [0.15, 0.2) is 0 Å². The van der Waals surface area contributed by atoms with Crippen molar-refractivity contribution in [1.29, 1.82) is 0 Å². The summed E-state index contributed by atoms with van der Waals surface area (Å²) in [6.45, 7) is 16.3. The minimum Gasteiger partial charge on any atom is -0.0596 e. The Labute approximate surface area is 169 Å². The van der Waals surface area contributed by atoms with Crippen molar-refractivity contribution in [1.82, 2.24) is 0 Å². The Kier molecular flexibility index (Phi) is 3.92. The number of rotatable bonds is 0. The topological polar surface area (TPSA) is 0 Å². The van der Waals surface area contributed by atoms with Crippen LogP contribution in [0.5, 0.6) is 0 Å². The van der Waals surface area contributed by atoms with E-state index in [1.54, 1.807) is 12.8 Å². The van der Waals surface area contributed by atoms with Gasteiger partial charge in [-0.1, -0.05) is 54.4 Å². The Balaban J connectivity index is 1.56.